The fourth-order valence-corrected chi connectivity index (χ4v) is 3.07. The third-order valence-corrected chi connectivity index (χ3v) is 4.95. The van der Waals surface area contributed by atoms with Crippen LogP contribution in [0.1, 0.15) is 13.3 Å². The molecule has 0 saturated carbocycles. The van der Waals surface area contributed by atoms with Gasteiger partial charge in [0.15, 0.2) is 0 Å². The maximum absolute atomic E-state index is 12.1. The first-order valence-electron chi connectivity index (χ1n) is 5.37. The SMILES string of the molecule is CCC(CO)(CO)NS(=O)(=O)c1cnc(Cl)c(Cl)c1. The van der Waals surface area contributed by atoms with Gasteiger partial charge in [0.05, 0.1) is 23.8 Å². The van der Waals surface area contributed by atoms with Gasteiger partial charge < -0.3 is 10.2 Å². The third kappa shape index (κ3) is 3.77. The Morgan fingerprint density at radius 2 is 1.95 bits per heavy atom. The van der Waals surface area contributed by atoms with E-state index < -0.39 is 28.8 Å². The molecule has 0 radical (unpaired) electrons. The molecule has 1 heterocycles. The van der Waals surface area contributed by atoms with E-state index >= 15 is 0 Å². The van der Waals surface area contributed by atoms with E-state index in [4.69, 9.17) is 23.2 Å². The summed E-state index contributed by atoms with van der Waals surface area (Å²) in [5.41, 5.74) is -1.33. The first-order valence-corrected chi connectivity index (χ1v) is 7.61. The average Bonchev–Trinajstić information content (AvgIpc) is 2.39. The van der Waals surface area contributed by atoms with Crippen molar-refractivity contribution in [2.45, 2.75) is 23.8 Å². The largest absolute Gasteiger partial charge is 0.394 e. The van der Waals surface area contributed by atoms with Gasteiger partial charge in [-0.2, -0.15) is 0 Å². The maximum atomic E-state index is 12.1. The Kier molecular flexibility index (Phi) is 5.54. The van der Waals surface area contributed by atoms with Crippen LogP contribution in [-0.4, -0.2) is 42.4 Å². The molecule has 0 unspecified atom stereocenters. The summed E-state index contributed by atoms with van der Waals surface area (Å²) in [7, 11) is -3.97. The lowest BCUT2D eigenvalue weighted by atomic mass is 10.0. The van der Waals surface area contributed by atoms with Crippen molar-refractivity contribution in [1.29, 1.82) is 0 Å². The molecule has 0 aliphatic heterocycles. The highest BCUT2D eigenvalue weighted by molar-refractivity contribution is 7.89. The van der Waals surface area contributed by atoms with Gasteiger partial charge in [-0.1, -0.05) is 30.1 Å². The fourth-order valence-electron chi connectivity index (χ4n) is 1.30. The minimum atomic E-state index is -3.97. The Bertz CT molecular complexity index is 538. The first kappa shape index (κ1) is 16.6. The normalized spacial score (nSPS) is 12.7. The van der Waals surface area contributed by atoms with Gasteiger partial charge in [0.25, 0.3) is 0 Å². The van der Waals surface area contributed by atoms with Gasteiger partial charge in [-0.25, -0.2) is 18.1 Å². The highest BCUT2D eigenvalue weighted by atomic mass is 35.5. The molecule has 3 N–H and O–H groups in total. The second-order valence-electron chi connectivity index (χ2n) is 4.00. The maximum Gasteiger partial charge on any atom is 0.242 e. The molecule has 0 aromatic carbocycles. The van der Waals surface area contributed by atoms with Gasteiger partial charge in [0.2, 0.25) is 10.0 Å². The Labute approximate surface area is 121 Å². The molecule has 0 atom stereocenters. The molecule has 19 heavy (non-hydrogen) atoms. The Balaban J connectivity index is 3.14. The molecule has 108 valence electrons. The summed E-state index contributed by atoms with van der Waals surface area (Å²) in [6, 6.07) is 1.15. The Hall–Kier alpha value is -0.440. The molecule has 0 fully saturated rings. The zero-order valence-corrected chi connectivity index (χ0v) is 12.4. The van der Waals surface area contributed by atoms with Crippen LogP contribution in [0.5, 0.6) is 0 Å². The zero-order chi connectivity index (χ0) is 14.7. The number of rotatable bonds is 6. The number of nitrogens with one attached hydrogen (secondary N) is 1. The molecular weight excluding hydrogens is 315 g/mol. The summed E-state index contributed by atoms with van der Waals surface area (Å²) < 4.78 is 26.5. The molecule has 9 heteroatoms. The van der Waals surface area contributed by atoms with Crippen LogP contribution in [0.15, 0.2) is 17.2 Å². The van der Waals surface area contributed by atoms with E-state index in [-0.39, 0.29) is 21.5 Å². The highest BCUT2D eigenvalue weighted by Gasteiger charge is 2.33. The molecule has 0 aliphatic carbocycles. The lowest BCUT2D eigenvalue weighted by Gasteiger charge is -2.29. The number of halogens is 2. The number of nitrogens with zero attached hydrogens (tertiary/aromatic N) is 1. The Morgan fingerprint density at radius 1 is 1.37 bits per heavy atom. The minimum Gasteiger partial charge on any atom is -0.394 e. The molecular formula is C10H14Cl2N2O4S. The first-order chi connectivity index (χ1) is 8.80. The zero-order valence-electron chi connectivity index (χ0n) is 10.1. The topological polar surface area (TPSA) is 99.5 Å². The third-order valence-electron chi connectivity index (χ3n) is 2.71. The summed E-state index contributed by atoms with van der Waals surface area (Å²) >= 11 is 11.3. The van der Waals surface area contributed by atoms with Crippen molar-refractivity contribution in [3.05, 3.63) is 22.4 Å². The predicted molar refractivity (Wildman–Crippen MR) is 71.8 cm³/mol. The molecule has 1 rings (SSSR count). The standard InChI is InChI=1S/C10H14Cl2N2O4S/c1-2-10(5-15,6-16)14-19(17,18)7-3-8(11)9(12)13-4-7/h3-4,14-16H,2,5-6H2,1H3. The quantitative estimate of drug-likeness (QED) is 0.671. The van der Waals surface area contributed by atoms with E-state index in [0.29, 0.717) is 0 Å². The fraction of sp³-hybridized carbons (Fsp3) is 0.500. The van der Waals surface area contributed by atoms with Crippen LogP contribution in [0.2, 0.25) is 10.2 Å². The van der Waals surface area contributed by atoms with Crippen LogP contribution in [0, 0.1) is 0 Å². The molecule has 0 amide bonds. The molecule has 0 bridgehead atoms. The molecule has 6 nitrogen and oxygen atoms in total. The van der Waals surface area contributed by atoms with Crippen molar-refractivity contribution < 1.29 is 18.6 Å². The van der Waals surface area contributed by atoms with Gasteiger partial charge in [0.1, 0.15) is 10.0 Å². The van der Waals surface area contributed by atoms with Gasteiger partial charge >= 0.3 is 0 Å². The summed E-state index contributed by atoms with van der Waals surface area (Å²) in [6.45, 7) is 0.573. The van der Waals surface area contributed by atoms with Crippen LogP contribution in [-0.2, 0) is 10.0 Å². The highest BCUT2D eigenvalue weighted by Crippen LogP contribution is 2.23. The molecule has 1 aromatic rings. The number of aromatic nitrogens is 1. The monoisotopic (exact) mass is 328 g/mol. The number of pyridine rings is 1. The van der Waals surface area contributed by atoms with E-state index in [9.17, 15) is 18.6 Å². The lowest BCUT2D eigenvalue weighted by Crippen LogP contribution is -2.53. The van der Waals surface area contributed by atoms with E-state index in [2.05, 4.69) is 9.71 Å². The number of hydrogen-bond donors (Lipinski definition) is 3. The van der Waals surface area contributed by atoms with Crippen LogP contribution in [0.4, 0.5) is 0 Å². The molecule has 0 spiro atoms. The van der Waals surface area contributed by atoms with Crippen molar-refractivity contribution in [2.24, 2.45) is 0 Å². The van der Waals surface area contributed by atoms with Crippen LogP contribution in [0.25, 0.3) is 0 Å². The summed E-state index contributed by atoms with van der Waals surface area (Å²) in [5.74, 6) is 0. The number of aliphatic hydroxyl groups excluding tert-OH is 2. The number of sulfonamides is 1. The van der Waals surface area contributed by atoms with Crippen LogP contribution >= 0.6 is 23.2 Å². The number of hydrogen-bond acceptors (Lipinski definition) is 5. The lowest BCUT2D eigenvalue weighted by molar-refractivity contribution is 0.105. The van der Waals surface area contributed by atoms with Gasteiger partial charge in [0, 0.05) is 6.20 Å². The smallest absolute Gasteiger partial charge is 0.242 e. The second-order valence-corrected chi connectivity index (χ2v) is 6.45. The van der Waals surface area contributed by atoms with Crippen molar-refractivity contribution in [2.75, 3.05) is 13.2 Å². The van der Waals surface area contributed by atoms with Crippen molar-refractivity contribution >= 4 is 33.2 Å². The van der Waals surface area contributed by atoms with E-state index in [1.165, 1.54) is 0 Å². The summed E-state index contributed by atoms with van der Waals surface area (Å²) in [6.07, 6.45) is 1.26. The summed E-state index contributed by atoms with van der Waals surface area (Å²) in [5, 5.41) is 18.5. The van der Waals surface area contributed by atoms with Gasteiger partial charge in [-0.3, -0.25) is 0 Å². The van der Waals surface area contributed by atoms with Crippen molar-refractivity contribution in [1.82, 2.24) is 9.71 Å². The van der Waals surface area contributed by atoms with Crippen LogP contribution in [0.3, 0.4) is 0 Å². The van der Waals surface area contributed by atoms with E-state index in [1.807, 2.05) is 0 Å². The van der Waals surface area contributed by atoms with Gasteiger partial charge in [-0.05, 0) is 12.5 Å². The average molecular weight is 329 g/mol. The van der Waals surface area contributed by atoms with E-state index in [1.54, 1.807) is 6.92 Å². The van der Waals surface area contributed by atoms with Gasteiger partial charge in [-0.15, -0.1) is 0 Å². The van der Waals surface area contributed by atoms with Crippen LogP contribution < -0.4 is 4.72 Å². The minimum absolute atomic E-state index is 0.000336. The second kappa shape index (κ2) is 6.34. The van der Waals surface area contributed by atoms with Crippen molar-refractivity contribution in [3.8, 4) is 0 Å². The van der Waals surface area contributed by atoms with Crippen molar-refractivity contribution in [3.63, 3.8) is 0 Å². The molecule has 0 saturated heterocycles. The predicted octanol–water partition coefficient (Wildman–Crippen LogP) is 0.800. The van der Waals surface area contributed by atoms with E-state index in [0.717, 1.165) is 12.3 Å². The number of aliphatic hydroxyl groups is 2. The Morgan fingerprint density at radius 3 is 2.37 bits per heavy atom. The molecule has 1 aromatic heterocycles. The summed E-state index contributed by atoms with van der Waals surface area (Å²) in [4.78, 5) is 3.45. The molecule has 0 aliphatic rings.